The number of carbonyl (C=O) groups is 1. The van der Waals surface area contributed by atoms with Crippen molar-refractivity contribution < 1.29 is 4.79 Å². The summed E-state index contributed by atoms with van der Waals surface area (Å²) in [6.07, 6.45) is 0.976. The summed E-state index contributed by atoms with van der Waals surface area (Å²) in [4.78, 5) is 11.2. The van der Waals surface area contributed by atoms with Crippen LogP contribution in [0.1, 0.15) is 23.8 Å². The van der Waals surface area contributed by atoms with E-state index in [4.69, 9.17) is 5.73 Å². The molecule has 0 aliphatic carbocycles. The number of para-hydroxylation sites is 1. The first-order valence-electron chi connectivity index (χ1n) is 4.99. The number of carbonyl (C=O) groups excluding carboxylic acids is 1. The minimum Gasteiger partial charge on any atom is -0.364 e. The van der Waals surface area contributed by atoms with Gasteiger partial charge in [-0.15, -0.1) is 0 Å². The summed E-state index contributed by atoms with van der Waals surface area (Å²) in [5.74, 6) is -0.471. The molecule has 0 spiro atoms. The van der Waals surface area contributed by atoms with Crippen LogP contribution in [0, 0.1) is 0 Å². The highest BCUT2D eigenvalue weighted by atomic mass is 16.1. The van der Waals surface area contributed by atoms with E-state index in [1.54, 1.807) is 0 Å². The van der Waals surface area contributed by atoms with Gasteiger partial charge in [0.2, 0.25) is 0 Å². The molecule has 2 rings (SSSR count). The lowest BCUT2D eigenvalue weighted by molar-refractivity contribution is 0.0996. The van der Waals surface area contributed by atoms with Gasteiger partial charge in [0.15, 0.2) is 5.69 Å². The Balaban J connectivity index is 2.67. The Bertz CT molecular complexity index is 502. The lowest BCUT2D eigenvalue weighted by Gasteiger charge is -1.98. The molecule has 1 amide bonds. The lowest BCUT2D eigenvalue weighted by Crippen LogP contribution is -2.12. The van der Waals surface area contributed by atoms with E-state index in [0.29, 0.717) is 5.69 Å². The Morgan fingerprint density at radius 2 is 2.20 bits per heavy atom. The first-order chi connectivity index (χ1) is 7.24. The molecule has 0 unspecified atom stereocenters. The van der Waals surface area contributed by atoms with Gasteiger partial charge in [-0.05, 0) is 12.5 Å². The third-order valence-corrected chi connectivity index (χ3v) is 2.33. The Labute approximate surface area is 87.7 Å². The van der Waals surface area contributed by atoms with Crippen molar-refractivity contribution in [1.82, 2.24) is 9.78 Å². The first-order valence-corrected chi connectivity index (χ1v) is 4.99. The topological polar surface area (TPSA) is 60.9 Å². The van der Waals surface area contributed by atoms with Gasteiger partial charge in [-0.2, -0.15) is 5.10 Å². The van der Waals surface area contributed by atoms with Crippen LogP contribution in [0.25, 0.3) is 10.9 Å². The van der Waals surface area contributed by atoms with Gasteiger partial charge < -0.3 is 5.73 Å². The van der Waals surface area contributed by atoms with E-state index < -0.39 is 5.91 Å². The van der Waals surface area contributed by atoms with Crippen molar-refractivity contribution in [2.45, 2.75) is 19.9 Å². The number of fused-ring (bicyclic) bond motifs is 1. The van der Waals surface area contributed by atoms with Crippen molar-refractivity contribution >= 4 is 16.8 Å². The number of aryl methyl sites for hydroxylation is 1. The molecule has 0 saturated carbocycles. The molecule has 0 saturated heterocycles. The predicted octanol–water partition coefficient (Wildman–Crippen LogP) is 1.55. The maximum atomic E-state index is 11.2. The molecule has 4 heteroatoms. The standard InChI is InChI=1S/C11H13N3O/c1-2-7-14-9-6-4-3-5-8(9)10(13-14)11(12)15/h3-6H,2,7H2,1H3,(H2,12,15). The molecule has 78 valence electrons. The average Bonchev–Trinajstić information content (AvgIpc) is 2.59. The van der Waals surface area contributed by atoms with Gasteiger partial charge in [-0.1, -0.05) is 25.1 Å². The van der Waals surface area contributed by atoms with Crippen molar-refractivity contribution in [3.8, 4) is 0 Å². The van der Waals surface area contributed by atoms with Gasteiger partial charge in [0.1, 0.15) is 0 Å². The fourth-order valence-electron chi connectivity index (χ4n) is 1.69. The van der Waals surface area contributed by atoms with Gasteiger partial charge in [-0.25, -0.2) is 0 Å². The van der Waals surface area contributed by atoms with Crippen LogP contribution in [-0.4, -0.2) is 15.7 Å². The van der Waals surface area contributed by atoms with Crippen molar-refractivity contribution in [1.29, 1.82) is 0 Å². The molecule has 0 fully saturated rings. The minimum absolute atomic E-state index is 0.360. The number of hydrogen-bond donors (Lipinski definition) is 1. The summed E-state index contributed by atoms with van der Waals surface area (Å²) < 4.78 is 1.83. The van der Waals surface area contributed by atoms with Crippen LogP contribution in [0.15, 0.2) is 24.3 Å². The smallest absolute Gasteiger partial charge is 0.269 e. The summed E-state index contributed by atoms with van der Waals surface area (Å²) in [6, 6.07) is 7.63. The number of aromatic nitrogens is 2. The quantitative estimate of drug-likeness (QED) is 0.822. The van der Waals surface area contributed by atoms with E-state index in [2.05, 4.69) is 12.0 Å². The first kappa shape index (κ1) is 9.71. The number of nitrogens with zero attached hydrogens (tertiary/aromatic N) is 2. The van der Waals surface area contributed by atoms with Gasteiger partial charge in [0, 0.05) is 11.9 Å². The molecule has 2 N–H and O–H groups in total. The fourth-order valence-corrected chi connectivity index (χ4v) is 1.69. The maximum absolute atomic E-state index is 11.2. The number of amides is 1. The Morgan fingerprint density at radius 1 is 1.47 bits per heavy atom. The molecule has 4 nitrogen and oxygen atoms in total. The highest BCUT2D eigenvalue weighted by molar-refractivity contribution is 6.03. The molecule has 0 aliphatic heterocycles. The number of primary amides is 1. The molecular weight excluding hydrogens is 190 g/mol. The zero-order chi connectivity index (χ0) is 10.8. The molecule has 2 aromatic rings. The normalized spacial score (nSPS) is 10.7. The van der Waals surface area contributed by atoms with E-state index in [-0.39, 0.29) is 0 Å². The van der Waals surface area contributed by atoms with Crippen molar-refractivity contribution in [2.75, 3.05) is 0 Å². The Hall–Kier alpha value is -1.84. The Morgan fingerprint density at radius 3 is 2.87 bits per heavy atom. The molecule has 0 aliphatic rings. The molecule has 1 heterocycles. The summed E-state index contributed by atoms with van der Waals surface area (Å²) in [6.45, 7) is 2.87. The molecule has 1 aromatic heterocycles. The van der Waals surface area contributed by atoms with E-state index >= 15 is 0 Å². The zero-order valence-electron chi connectivity index (χ0n) is 8.60. The molecule has 0 radical (unpaired) electrons. The van der Waals surface area contributed by atoms with Crippen LogP contribution in [0.3, 0.4) is 0 Å². The second-order valence-corrected chi connectivity index (χ2v) is 3.45. The lowest BCUT2D eigenvalue weighted by atomic mass is 10.2. The van der Waals surface area contributed by atoms with Crippen molar-refractivity contribution in [3.05, 3.63) is 30.0 Å². The van der Waals surface area contributed by atoms with Gasteiger partial charge >= 0.3 is 0 Å². The largest absolute Gasteiger partial charge is 0.364 e. The van der Waals surface area contributed by atoms with Gasteiger partial charge in [-0.3, -0.25) is 9.48 Å². The van der Waals surface area contributed by atoms with Crippen LogP contribution >= 0.6 is 0 Å². The summed E-state index contributed by atoms with van der Waals surface area (Å²) >= 11 is 0. The molecule has 0 bridgehead atoms. The average molecular weight is 203 g/mol. The van der Waals surface area contributed by atoms with Crippen LogP contribution in [0.2, 0.25) is 0 Å². The Kier molecular flexibility index (Phi) is 2.41. The molecule has 0 atom stereocenters. The number of nitrogens with two attached hydrogens (primary N) is 1. The van der Waals surface area contributed by atoms with E-state index in [0.717, 1.165) is 23.9 Å². The number of benzene rings is 1. The van der Waals surface area contributed by atoms with Crippen LogP contribution in [-0.2, 0) is 6.54 Å². The number of hydrogen-bond acceptors (Lipinski definition) is 2. The minimum atomic E-state index is -0.471. The highest BCUT2D eigenvalue weighted by Gasteiger charge is 2.13. The highest BCUT2D eigenvalue weighted by Crippen LogP contribution is 2.18. The SMILES string of the molecule is CCCn1nc(C(N)=O)c2ccccc21. The summed E-state index contributed by atoms with van der Waals surface area (Å²) in [7, 11) is 0. The second kappa shape index (κ2) is 3.73. The van der Waals surface area contributed by atoms with E-state index in [1.165, 1.54) is 0 Å². The monoisotopic (exact) mass is 203 g/mol. The van der Waals surface area contributed by atoms with Crippen molar-refractivity contribution in [2.24, 2.45) is 5.73 Å². The van der Waals surface area contributed by atoms with Gasteiger partial charge in [0.25, 0.3) is 5.91 Å². The predicted molar refractivity (Wildman–Crippen MR) is 58.5 cm³/mol. The molecular formula is C11H13N3O. The zero-order valence-corrected chi connectivity index (χ0v) is 8.60. The van der Waals surface area contributed by atoms with Gasteiger partial charge in [0.05, 0.1) is 5.52 Å². The van der Waals surface area contributed by atoms with Crippen LogP contribution < -0.4 is 5.73 Å². The van der Waals surface area contributed by atoms with E-state index in [1.807, 2.05) is 28.9 Å². The van der Waals surface area contributed by atoms with Crippen LogP contribution in [0.4, 0.5) is 0 Å². The van der Waals surface area contributed by atoms with Crippen molar-refractivity contribution in [3.63, 3.8) is 0 Å². The second-order valence-electron chi connectivity index (χ2n) is 3.45. The fraction of sp³-hybridized carbons (Fsp3) is 0.273. The summed E-state index contributed by atoms with van der Waals surface area (Å²) in [5.41, 5.74) is 6.60. The number of rotatable bonds is 3. The molecule has 15 heavy (non-hydrogen) atoms. The third kappa shape index (κ3) is 1.58. The maximum Gasteiger partial charge on any atom is 0.269 e. The third-order valence-electron chi connectivity index (χ3n) is 2.33. The van der Waals surface area contributed by atoms with Crippen LogP contribution in [0.5, 0.6) is 0 Å². The molecule has 1 aromatic carbocycles. The summed E-state index contributed by atoms with van der Waals surface area (Å²) in [5, 5.41) is 5.05. The van der Waals surface area contributed by atoms with E-state index in [9.17, 15) is 4.79 Å².